The molecule has 0 aliphatic rings. The van der Waals surface area contributed by atoms with Gasteiger partial charge < -0.3 is 9.84 Å². The summed E-state index contributed by atoms with van der Waals surface area (Å²) in [4.78, 5) is 11.1. The van der Waals surface area contributed by atoms with E-state index < -0.39 is 12.1 Å². The molecule has 1 atom stereocenters. The van der Waals surface area contributed by atoms with Crippen molar-refractivity contribution < 1.29 is 14.6 Å². The van der Waals surface area contributed by atoms with E-state index in [1.165, 1.54) is 110 Å². The Balaban J connectivity index is 3.08. The largest absolute Gasteiger partial charge is 0.467 e. The van der Waals surface area contributed by atoms with E-state index in [0.29, 0.717) is 6.42 Å². The van der Waals surface area contributed by atoms with Crippen LogP contribution in [0.2, 0.25) is 0 Å². The van der Waals surface area contributed by atoms with Crippen LogP contribution in [0.5, 0.6) is 0 Å². The van der Waals surface area contributed by atoms with Crippen LogP contribution in [0.3, 0.4) is 0 Å². The summed E-state index contributed by atoms with van der Waals surface area (Å²) in [6.07, 6.45) is 23.9. The fourth-order valence-corrected chi connectivity index (χ4v) is 3.49. The summed E-state index contributed by atoms with van der Waals surface area (Å²) >= 11 is 0. The van der Waals surface area contributed by atoms with Crippen molar-refractivity contribution in [1.29, 1.82) is 0 Å². The van der Waals surface area contributed by atoms with Gasteiger partial charge in [0.2, 0.25) is 0 Å². The van der Waals surface area contributed by atoms with Gasteiger partial charge in [-0.2, -0.15) is 0 Å². The number of carbonyl (C=O) groups excluding carboxylic acids is 1. The Kier molecular flexibility index (Phi) is 20.3. The van der Waals surface area contributed by atoms with Crippen molar-refractivity contribution in [3.63, 3.8) is 0 Å². The molecule has 0 saturated carbocycles. The minimum atomic E-state index is -0.930. The highest BCUT2D eigenvalue weighted by Crippen LogP contribution is 2.14. The number of aliphatic hydroxyl groups excluding tert-OH is 1. The summed E-state index contributed by atoms with van der Waals surface area (Å²) in [5, 5.41) is 9.48. The van der Waals surface area contributed by atoms with Crippen LogP contribution in [-0.2, 0) is 9.53 Å². The predicted octanol–water partition coefficient (Wildman–Crippen LogP) is 6.95. The van der Waals surface area contributed by atoms with Gasteiger partial charge in [-0.05, 0) is 6.42 Å². The molecule has 3 nitrogen and oxygen atoms in total. The number of unbranched alkanes of at least 4 members (excludes halogenated alkanes) is 17. The number of hydrogen-bond donors (Lipinski definition) is 1. The maximum absolute atomic E-state index is 11.1. The predicted molar refractivity (Wildman–Crippen MR) is 111 cm³/mol. The molecule has 0 aromatic rings. The van der Waals surface area contributed by atoms with Gasteiger partial charge in [-0.1, -0.05) is 122 Å². The SMILES string of the molecule is CCCCCCCCCCCCCCCCCCCC[C@@H](O)C(=O)OC. The molecule has 0 radical (unpaired) electrons. The first-order chi connectivity index (χ1) is 12.7. The molecule has 0 rings (SSSR count). The maximum atomic E-state index is 11.1. The Bertz CT molecular complexity index is 291. The maximum Gasteiger partial charge on any atom is 0.334 e. The molecule has 156 valence electrons. The summed E-state index contributed by atoms with van der Waals surface area (Å²) in [5.41, 5.74) is 0. The lowest BCUT2D eigenvalue weighted by atomic mass is 10.0. The fraction of sp³-hybridized carbons (Fsp3) is 0.957. The standard InChI is InChI=1S/C23H46O3/c1-3-4-5-6-7-8-9-10-11-12-13-14-15-16-17-18-19-20-21-22(24)23(25)26-2/h22,24H,3-21H2,1-2H3/t22-/m1/s1. The highest BCUT2D eigenvalue weighted by atomic mass is 16.5. The van der Waals surface area contributed by atoms with Crippen LogP contribution >= 0.6 is 0 Å². The normalized spacial score (nSPS) is 12.3. The van der Waals surface area contributed by atoms with E-state index >= 15 is 0 Å². The fourth-order valence-electron chi connectivity index (χ4n) is 3.49. The van der Waals surface area contributed by atoms with Crippen LogP contribution in [0, 0.1) is 0 Å². The number of rotatable bonds is 20. The first kappa shape index (κ1) is 25.4. The van der Waals surface area contributed by atoms with Crippen molar-refractivity contribution in [2.24, 2.45) is 0 Å². The minimum Gasteiger partial charge on any atom is -0.467 e. The highest BCUT2D eigenvalue weighted by molar-refractivity contribution is 5.74. The quantitative estimate of drug-likeness (QED) is 0.186. The van der Waals surface area contributed by atoms with E-state index in [9.17, 15) is 9.90 Å². The molecule has 0 aromatic carbocycles. The molecule has 0 heterocycles. The first-order valence-corrected chi connectivity index (χ1v) is 11.5. The van der Waals surface area contributed by atoms with Crippen LogP contribution in [0.25, 0.3) is 0 Å². The smallest absolute Gasteiger partial charge is 0.334 e. The van der Waals surface area contributed by atoms with E-state index in [1.54, 1.807) is 0 Å². The van der Waals surface area contributed by atoms with Gasteiger partial charge >= 0.3 is 5.97 Å². The van der Waals surface area contributed by atoms with E-state index in [-0.39, 0.29) is 0 Å². The Morgan fingerprint density at radius 3 is 1.27 bits per heavy atom. The lowest BCUT2D eigenvalue weighted by molar-refractivity contribution is -0.150. The van der Waals surface area contributed by atoms with E-state index in [1.807, 2.05) is 0 Å². The molecule has 0 unspecified atom stereocenters. The molecule has 3 heteroatoms. The van der Waals surface area contributed by atoms with Gasteiger partial charge in [-0.25, -0.2) is 4.79 Å². The summed E-state index contributed by atoms with van der Waals surface area (Å²) in [7, 11) is 1.32. The third-order valence-corrected chi connectivity index (χ3v) is 5.30. The lowest BCUT2D eigenvalue weighted by Gasteiger charge is -2.07. The molecule has 0 saturated heterocycles. The van der Waals surface area contributed by atoms with Gasteiger partial charge in [-0.15, -0.1) is 0 Å². The zero-order chi connectivity index (χ0) is 19.3. The Morgan fingerprint density at radius 2 is 0.962 bits per heavy atom. The molecular formula is C23H46O3. The zero-order valence-corrected chi connectivity index (χ0v) is 17.8. The average molecular weight is 371 g/mol. The van der Waals surface area contributed by atoms with Gasteiger partial charge in [0, 0.05) is 0 Å². The molecule has 0 fully saturated rings. The minimum absolute atomic E-state index is 0.503. The van der Waals surface area contributed by atoms with Crippen molar-refractivity contribution in [3.05, 3.63) is 0 Å². The summed E-state index contributed by atoms with van der Waals surface area (Å²) < 4.78 is 4.51. The third-order valence-electron chi connectivity index (χ3n) is 5.30. The summed E-state index contributed by atoms with van der Waals surface area (Å²) in [6, 6.07) is 0. The second-order valence-corrected chi connectivity index (χ2v) is 7.84. The number of esters is 1. The van der Waals surface area contributed by atoms with Crippen molar-refractivity contribution in [3.8, 4) is 0 Å². The first-order valence-electron chi connectivity index (χ1n) is 11.5. The van der Waals surface area contributed by atoms with Crippen molar-refractivity contribution >= 4 is 5.97 Å². The molecule has 0 aliphatic heterocycles. The Labute approximate surface area is 163 Å². The number of hydrogen-bond acceptors (Lipinski definition) is 3. The van der Waals surface area contributed by atoms with Gasteiger partial charge in [-0.3, -0.25) is 0 Å². The number of ether oxygens (including phenoxy) is 1. The van der Waals surface area contributed by atoms with Crippen LogP contribution in [0.1, 0.15) is 129 Å². The third kappa shape index (κ3) is 18.2. The second-order valence-electron chi connectivity index (χ2n) is 7.84. The van der Waals surface area contributed by atoms with Gasteiger partial charge in [0.25, 0.3) is 0 Å². The van der Waals surface area contributed by atoms with E-state index in [4.69, 9.17) is 0 Å². The average Bonchev–Trinajstić information content (AvgIpc) is 2.66. The van der Waals surface area contributed by atoms with Gasteiger partial charge in [0.1, 0.15) is 0 Å². The van der Waals surface area contributed by atoms with E-state index in [2.05, 4.69) is 11.7 Å². The number of methoxy groups -OCH3 is 1. The van der Waals surface area contributed by atoms with Crippen molar-refractivity contribution in [1.82, 2.24) is 0 Å². The molecular weight excluding hydrogens is 324 g/mol. The number of aliphatic hydroxyl groups is 1. The van der Waals surface area contributed by atoms with E-state index in [0.717, 1.165) is 12.8 Å². The van der Waals surface area contributed by atoms with Crippen molar-refractivity contribution in [2.45, 2.75) is 135 Å². The molecule has 0 bridgehead atoms. The molecule has 1 N–H and O–H groups in total. The van der Waals surface area contributed by atoms with Crippen molar-refractivity contribution in [2.75, 3.05) is 7.11 Å². The molecule has 0 spiro atoms. The lowest BCUT2D eigenvalue weighted by Crippen LogP contribution is -2.21. The summed E-state index contributed by atoms with van der Waals surface area (Å²) in [6.45, 7) is 2.28. The van der Waals surface area contributed by atoms with Crippen LogP contribution < -0.4 is 0 Å². The zero-order valence-electron chi connectivity index (χ0n) is 17.8. The topological polar surface area (TPSA) is 46.5 Å². The second kappa shape index (κ2) is 20.7. The van der Waals surface area contributed by atoms with Crippen LogP contribution in [-0.4, -0.2) is 24.3 Å². The molecule has 0 aromatic heterocycles. The molecule has 0 aliphatic carbocycles. The van der Waals surface area contributed by atoms with Gasteiger partial charge in [0.15, 0.2) is 6.10 Å². The van der Waals surface area contributed by atoms with Crippen LogP contribution in [0.15, 0.2) is 0 Å². The monoisotopic (exact) mass is 370 g/mol. The van der Waals surface area contributed by atoms with Crippen LogP contribution in [0.4, 0.5) is 0 Å². The molecule has 26 heavy (non-hydrogen) atoms. The molecule has 0 amide bonds. The Hall–Kier alpha value is -0.570. The Morgan fingerprint density at radius 1 is 0.654 bits per heavy atom. The summed E-state index contributed by atoms with van der Waals surface area (Å²) in [5.74, 6) is -0.503. The van der Waals surface area contributed by atoms with Gasteiger partial charge in [0.05, 0.1) is 7.11 Å². The highest BCUT2D eigenvalue weighted by Gasteiger charge is 2.13. The number of carbonyl (C=O) groups is 1.